The summed E-state index contributed by atoms with van der Waals surface area (Å²) in [7, 11) is -2.03. The van der Waals surface area contributed by atoms with Gasteiger partial charge in [0.05, 0.1) is 21.5 Å². The molecule has 1 aliphatic heterocycles. The van der Waals surface area contributed by atoms with Crippen LogP contribution >= 0.6 is 11.8 Å². The maximum Gasteiger partial charge on any atom is 0.294 e. The molecule has 0 unspecified atom stereocenters. The molecule has 0 spiro atoms. The number of pyridine rings is 1. The van der Waals surface area contributed by atoms with E-state index in [9.17, 15) is 23.4 Å². The van der Waals surface area contributed by atoms with Crippen LogP contribution in [-0.2, 0) is 9.84 Å². The van der Waals surface area contributed by atoms with Crippen LogP contribution in [0.2, 0.25) is 0 Å². The Bertz CT molecular complexity index is 1100. The molecule has 0 bridgehead atoms. The van der Waals surface area contributed by atoms with Gasteiger partial charge in [-0.3, -0.25) is 4.79 Å². The first-order valence-corrected chi connectivity index (χ1v) is 11.8. The SMILES string of the molecule is CN1CCSc2c1cc1c(c2O)c(S(C)(=O)=O)c(O)c(=O)n1C1CCCC1. The molecule has 7 nitrogen and oxygen atoms in total. The van der Waals surface area contributed by atoms with Gasteiger partial charge in [-0.05, 0) is 18.9 Å². The van der Waals surface area contributed by atoms with Gasteiger partial charge in [-0.25, -0.2) is 8.42 Å². The van der Waals surface area contributed by atoms with Gasteiger partial charge in [-0.2, -0.15) is 0 Å². The van der Waals surface area contributed by atoms with Gasteiger partial charge in [-0.15, -0.1) is 11.8 Å². The molecule has 1 aromatic carbocycles. The Morgan fingerprint density at radius 3 is 2.48 bits per heavy atom. The Morgan fingerprint density at radius 2 is 1.85 bits per heavy atom. The molecule has 9 heteroatoms. The molecule has 2 N–H and O–H groups in total. The Labute approximate surface area is 161 Å². The number of anilines is 1. The fourth-order valence-electron chi connectivity index (χ4n) is 4.19. The molecule has 27 heavy (non-hydrogen) atoms. The summed E-state index contributed by atoms with van der Waals surface area (Å²) in [5.41, 5.74) is 0.434. The molecule has 2 aromatic rings. The van der Waals surface area contributed by atoms with Crippen LogP contribution in [0.5, 0.6) is 11.5 Å². The molecule has 0 saturated heterocycles. The second kappa shape index (κ2) is 6.34. The monoisotopic (exact) mass is 410 g/mol. The van der Waals surface area contributed by atoms with E-state index in [4.69, 9.17) is 0 Å². The number of thioether (sulfide) groups is 1. The maximum absolute atomic E-state index is 12.9. The van der Waals surface area contributed by atoms with Crippen molar-refractivity contribution in [1.29, 1.82) is 0 Å². The van der Waals surface area contributed by atoms with Crippen molar-refractivity contribution in [2.45, 2.75) is 41.5 Å². The van der Waals surface area contributed by atoms with E-state index < -0.39 is 26.0 Å². The number of fused-ring (bicyclic) bond motifs is 2. The van der Waals surface area contributed by atoms with E-state index in [0.29, 0.717) is 10.4 Å². The third kappa shape index (κ3) is 2.79. The van der Waals surface area contributed by atoms with E-state index in [1.807, 2.05) is 11.9 Å². The number of hydrogen-bond donors (Lipinski definition) is 2. The zero-order chi connectivity index (χ0) is 19.5. The molecule has 1 saturated carbocycles. The molecule has 0 amide bonds. The quantitative estimate of drug-likeness (QED) is 0.784. The lowest BCUT2D eigenvalue weighted by Crippen LogP contribution is -2.27. The molecule has 146 valence electrons. The van der Waals surface area contributed by atoms with Gasteiger partial charge in [0, 0.05) is 31.6 Å². The Balaban J connectivity index is 2.22. The molecular weight excluding hydrogens is 388 g/mol. The Kier molecular flexibility index (Phi) is 4.34. The summed E-state index contributed by atoms with van der Waals surface area (Å²) in [5.74, 6) is -0.229. The predicted octanol–water partition coefficient (Wildman–Crippen LogP) is 2.47. The molecule has 1 aromatic heterocycles. The summed E-state index contributed by atoms with van der Waals surface area (Å²) >= 11 is 1.45. The van der Waals surface area contributed by atoms with Crippen molar-refractivity contribution in [2.24, 2.45) is 0 Å². The number of rotatable bonds is 2. The number of hydrogen-bond acceptors (Lipinski definition) is 7. The lowest BCUT2D eigenvalue weighted by molar-refractivity contribution is 0.426. The number of sulfone groups is 1. The number of phenolic OH excluding ortho intramolecular Hbond substituents is 1. The van der Waals surface area contributed by atoms with E-state index in [1.165, 1.54) is 16.3 Å². The van der Waals surface area contributed by atoms with Crippen molar-refractivity contribution >= 4 is 38.2 Å². The van der Waals surface area contributed by atoms with Gasteiger partial charge in [0.2, 0.25) is 5.75 Å². The van der Waals surface area contributed by atoms with Gasteiger partial charge < -0.3 is 19.7 Å². The van der Waals surface area contributed by atoms with Gasteiger partial charge in [0.25, 0.3) is 5.56 Å². The first-order chi connectivity index (χ1) is 12.7. The minimum atomic E-state index is -3.93. The predicted molar refractivity (Wildman–Crippen MR) is 106 cm³/mol. The molecule has 0 atom stereocenters. The van der Waals surface area contributed by atoms with E-state index in [0.717, 1.165) is 49.9 Å². The fourth-order valence-corrected chi connectivity index (χ4v) is 6.37. The van der Waals surface area contributed by atoms with Crippen molar-refractivity contribution < 1.29 is 18.6 Å². The topological polar surface area (TPSA) is 99.8 Å². The summed E-state index contributed by atoms with van der Waals surface area (Å²) < 4.78 is 26.3. The third-order valence-corrected chi connectivity index (χ3v) is 7.70. The molecule has 2 aliphatic rings. The number of benzene rings is 1. The van der Waals surface area contributed by atoms with Crippen LogP contribution in [0.15, 0.2) is 20.7 Å². The highest BCUT2D eigenvalue weighted by Crippen LogP contribution is 2.48. The van der Waals surface area contributed by atoms with Gasteiger partial charge >= 0.3 is 0 Å². The zero-order valence-corrected chi connectivity index (χ0v) is 16.9. The van der Waals surface area contributed by atoms with Crippen LogP contribution in [0.4, 0.5) is 5.69 Å². The highest BCUT2D eigenvalue weighted by atomic mass is 32.2. The van der Waals surface area contributed by atoms with Crippen LogP contribution in [0.1, 0.15) is 31.7 Å². The molecule has 1 aliphatic carbocycles. The summed E-state index contributed by atoms with van der Waals surface area (Å²) in [4.78, 5) is 15.0. The molecular formula is C18H22N2O5S2. The highest BCUT2D eigenvalue weighted by molar-refractivity contribution is 7.99. The van der Waals surface area contributed by atoms with Crippen molar-refractivity contribution in [2.75, 3.05) is 30.5 Å². The van der Waals surface area contributed by atoms with Crippen LogP contribution in [0.3, 0.4) is 0 Å². The minimum Gasteiger partial charge on any atom is -0.506 e. The second-order valence-corrected chi connectivity index (χ2v) is 10.4. The van der Waals surface area contributed by atoms with Crippen molar-refractivity contribution in [1.82, 2.24) is 4.57 Å². The van der Waals surface area contributed by atoms with Crippen molar-refractivity contribution in [3.05, 3.63) is 16.4 Å². The number of aromatic hydroxyl groups is 2. The zero-order valence-electron chi connectivity index (χ0n) is 15.2. The molecule has 1 fully saturated rings. The molecule has 4 rings (SSSR count). The van der Waals surface area contributed by atoms with E-state index in [2.05, 4.69) is 0 Å². The van der Waals surface area contributed by atoms with Crippen LogP contribution in [0, 0.1) is 0 Å². The lowest BCUT2D eigenvalue weighted by atomic mass is 10.1. The van der Waals surface area contributed by atoms with Gasteiger partial charge in [0.15, 0.2) is 9.84 Å². The summed E-state index contributed by atoms with van der Waals surface area (Å²) in [6.07, 6.45) is 4.46. The highest BCUT2D eigenvalue weighted by Gasteiger charge is 2.32. The van der Waals surface area contributed by atoms with Crippen molar-refractivity contribution in [3.63, 3.8) is 0 Å². The Hall–Kier alpha value is -1.87. The standard InChI is InChI=1S/C18H22N2O5S2/c1-19-7-8-26-16-12(19)9-11-13(14(16)21)17(27(2,24)25)15(22)18(23)20(11)10-5-3-4-6-10/h9-10,21-22H,3-8H2,1-2H3. The van der Waals surface area contributed by atoms with Crippen LogP contribution in [-0.4, -0.2) is 48.8 Å². The number of nitrogens with zero attached hydrogens (tertiary/aromatic N) is 2. The largest absolute Gasteiger partial charge is 0.506 e. The first-order valence-electron chi connectivity index (χ1n) is 8.93. The average Bonchev–Trinajstić information content (AvgIpc) is 3.11. The molecule has 2 heterocycles. The van der Waals surface area contributed by atoms with E-state index >= 15 is 0 Å². The first kappa shape index (κ1) is 18.5. The molecule has 0 radical (unpaired) electrons. The van der Waals surface area contributed by atoms with Gasteiger partial charge in [-0.1, -0.05) is 12.8 Å². The Morgan fingerprint density at radius 1 is 1.19 bits per heavy atom. The number of aromatic nitrogens is 1. The van der Waals surface area contributed by atoms with E-state index in [1.54, 1.807) is 6.07 Å². The maximum atomic E-state index is 12.9. The fraction of sp³-hybridized carbons (Fsp3) is 0.500. The normalized spacial score (nSPS) is 18.2. The summed E-state index contributed by atoms with van der Waals surface area (Å²) in [6.45, 7) is 0.785. The van der Waals surface area contributed by atoms with Gasteiger partial charge in [0.1, 0.15) is 10.6 Å². The van der Waals surface area contributed by atoms with E-state index in [-0.39, 0.29) is 17.2 Å². The third-order valence-electron chi connectivity index (χ3n) is 5.48. The average molecular weight is 411 g/mol. The smallest absolute Gasteiger partial charge is 0.294 e. The summed E-state index contributed by atoms with van der Waals surface area (Å²) in [5, 5.41) is 21.6. The van der Waals surface area contributed by atoms with Crippen LogP contribution in [0.25, 0.3) is 10.9 Å². The lowest BCUT2D eigenvalue weighted by Gasteiger charge is -2.29. The minimum absolute atomic E-state index is 0.0445. The summed E-state index contributed by atoms with van der Waals surface area (Å²) in [6, 6.07) is 1.67. The second-order valence-electron chi connectivity index (χ2n) is 7.30. The van der Waals surface area contributed by atoms with Crippen molar-refractivity contribution in [3.8, 4) is 11.5 Å². The van der Waals surface area contributed by atoms with Crippen LogP contribution < -0.4 is 10.5 Å². The number of phenols is 1.